The fourth-order valence-corrected chi connectivity index (χ4v) is 2.77. The highest BCUT2D eigenvalue weighted by Gasteiger charge is 2.26. The van der Waals surface area contributed by atoms with Crippen LogP contribution in [0.5, 0.6) is 0 Å². The van der Waals surface area contributed by atoms with Crippen LogP contribution in [0.25, 0.3) is 0 Å². The monoisotopic (exact) mass is 379 g/mol. The fourth-order valence-electron chi connectivity index (χ4n) is 2.77. The third-order valence-corrected chi connectivity index (χ3v) is 4.17. The van der Waals surface area contributed by atoms with Crippen LogP contribution < -0.4 is 5.32 Å². The predicted molar refractivity (Wildman–Crippen MR) is 93.5 cm³/mol. The number of amides is 2. The molecule has 1 aromatic rings. The molecule has 1 aromatic carbocycles. The average Bonchev–Trinajstić information content (AvgIpc) is 2.67. The first kappa shape index (κ1) is 20.1. The van der Waals surface area contributed by atoms with Crippen LogP contribution in [-0.2, 0) is 9.47 Å². The molecule has 0 atom stereocenters. The molecule has 146 valence electrons. The standard InChI is InChI=1S/C17H21N3O7/c1-3-27-17(23)19-6-4-13(5-7-19)18-15(21)11-8-12(16(22)26-2)10-14(9-11)20(24)25/h8-10,13H,3-7H2,1-2H3,(H,18,21). The SMILES string of the molecule is CCOC(=O)N1CCC(NC(=O)c2cc(C(=O)OC)cc([N+](=O)[O-])c2)CC1. The normalized spacial score (nSPS) is 14.4. The van der Waals surface area contributed by atoms with Crippen molar-refractivity contribution in [1.29, 1.82) is 0 Å². The summed E-state index contributed by atoms with van der Waals surface area (Å²) < 4.78 is 9.51. The highest BCUT2D eigenvalue weighted by molar-refractivity contribution is 5.99. The van der Waals surface area contributed by atoms with Gasteiger partial charge in [-0.15, -0.1) is 0 Å². The molecular weight excluding hydrogens is 358 g/mol. The van der Waals surface area contributed by atoms with Gasteiger partial charge in [0.2, 0.25) is 0 Å². The highest BCUT2D eigenvalue weighted by atomic mass is 16.6. The van der Waals surface area contributed by atoms with Crippen LogP contribution in [0.2, 0.25) is 0 Å². The van der Waals surface area contributed by atoms with Gasteiger partial charge in [0.05, 0.1) is 24.2 Å². The van der Waals surface area contributed by atoms with Gasteiger partial charge >= 0.3 is 12.1 Å². The number of rotatable bonds is 5. The molecule has 1 aliphatic heterocycles. The quantitative estimate of drug-likeness (QED) is 0.469. The minimum Gasteiger partial charge on any atom is -0.465 e. The fraction of sp³-hybridized carbons (Fsp3) is 0.471. The number of nitrogens with zero attached hydrogens (tertiary/aromatic N) is 2. The number of carbonyl (C=O) groups excluding carboxylic acids is 3. The number of likely N-dealkylation sites (tertiary alicyclic amines) is 1. The van der Waals surface area contributed by atoms with Crippen molar-refractivity contribution < 1.29 is 28.8 Å². The summed E-state index contributed by atoms with van der Waals surface area (Å²) in [7, 11) is 1.15. The summed E-state index contributed by atoms with van der Waals surface area (Å²) in [6.45, 7) is 2.90. The molecule has 1 heterocycles. The van der Waals surface area contributed by atoms with Crippen LogP contribution in [-0.4, -0.2) is 60.6 Å². The Bertz CT molecular complexity index is 742. The van der Waals surface area contributed by atoms with Crippen LogP contribution in [0.1, 0.15) is 40.5 Å². The Morgan fingerprint density at radius 2 is 1.85 bits per heavy atom. The van der Waals surface area contributed by atoms with Crippen molar-refractivity contribution in [3.05, 3.63) is 39.4 Å². The summed E-state index contributed by atoms with van der Waals surface area (Å²) in [5, 5.41) is 13.8. The molecule has 2 amide bonds. The van der Waals surface area contributed by atoms with E-state index in [-0.39, 0.29) is 28.9 Å². The predicted octanol–water partition coefficient (Wildman–Crippen LogP) is 1.73. The number of hydrogen-bond donors (Lipinski definition) is 1. The van der Waals surface area contributed by atoms with Crippen LogP contribution in [0.3, 0.4) is 0 Å². The highest BCUT2D eigenvalue weighted by Crippen LogP contribution is 2.19. The number of esters is 1. The van der Waals surface area contributed by atoms with Gasteiger partial charge in [-0.3, -0.25) is 14.9 Å². The average molecular weight is 379 g/mol. The summed E-state index contributed by atoms with van der Waals surface area (Å²) in [6.07, 6.45) is 0.677. The smallest absolute Gasteiger partial charge is 0.409 e. The number of non-ortho nitro benzene ring substituents is 1. The first-order valence-electron chi connectivity index (χ1n) is 8.46. The van der Waals surface area contributed by atoms with Gasteiger partial charge in [-0.25, -0.2) is 9.59 Å². The van der Waals surface area contributed by atoms with Crippen molar-refractivity contribution in [2.24, 2.45) is 0 Å². The van der Waals surface area contributed by atoms with Gasteiger partial charge < -0.3 is 19.7 Å². The lowest BCUT2D eigenvalue weighted by Gasteiger charge is -2.31. The Morgan fingerprint density at radius 1 is 1.22 bits per heavy atom. The molecule has 10 heteroatoms. The lowest BCUT2D eigenvalue weighted by Crippen LogP contribution is -2.46. The Kier molecular flexibility index (Phi) is 6.69. The minimum absolute atomic E-state index is 0.00239. The number of methoxy groups -OCH3 is 1. The summed E-state index contributed by atoms with van der Waals surface area (Å²) in [6, 6.07) is 3.22. The van der Waals surface area contributed by atoms with Gasteiger partial charge in [0.15, 0.2) is 0 Å². The molecule has 27 heavy (non-hydrogen) atoms. The number of nitrogens with one attached hydrogen (secondary N) is 1. The van der Waals surface area contributed by atoms with E-state index in [1.54, 1.807) is 11.8 Å². The lowest BCUT2D eigenvalue weighted by molar-refractivity contribution is -0.384. The third kappa shape index (κ3) is 5.16. The van der Waals surface area contributed by atoms with E-state index >= 15 is 0 Å². The summed E-state index contributed by atoms with van der Waals surface area (Å²) in [5.74, 6) is -1.30. The van der Waals surface area contributed by atoms with Crippen molar-refractivity contribution in [3.8, 4) is 0 Å². The van der Waals surface area contributed by atoms with Crippen LogP contribution >= 0.6 is 0 Å². The van der Waals surface area contributed by atoms with Gasteiger partial charge in [0.25, 0.3) is 11.6 Å². The first-order chi connectivity index (χ1) is 12.8. The number of nitro groups is 1. The molecule has 0 spiro atoms. The second-order valence-electron chi connectivity index (χ2n) is 5.95. The van der Waals surface area contributed by atoms with Crippen molar-refractivity contribution in [2.75, 3.05) is 26.8 Å². The number of hydrogen-bond acceptors (Lipinski definition) is 7. The van der Waals surface area contributed by atoms with E-state index in [1.807, 2.05) is 0 Å². The molecule has 1 saturated heterocycles. The molecule has 0 bridgehead atoms. The maximum Gasteiger partial charge on any atom is 0.409 e. The first-order valence-corrected chi connectivity index (χ1v) is 8.46. The summed E-state index contributed by atoms with van der Waals surface area (Å²) >= 11 is 0. The third-order valence-electron chi connectivity index (χ3n) is 4.17. The van der Waals surface area contributed by atoms with Crippen molar-refractivity contribution in [1.82, 2.24) is 10.2 Å². The van der Waals surface area contributed by atoms with Gasteiger partial charge in [0, 0.05) is 36.8 Å². The van der Waals surface area contributed by atoms with Gasteiger partial charge in [-0.05, 0) is 25.8 Å². The lowest BCUT2D eigenvalue weighted by atomic mass is 10.0. The number of carbonyl (C=O) groups is 3. The zero-order chi connectivity index (χ0) is 20.0. The Balaban J connectivity index is 2.06. The largest absolute Gasteiger partial charge is 0.465 e. The van der Waals surface area contributed by atoms with Gasteiger partial charge in [0.1, 0.15) is 0 Å². The molecule has 1 aliphatic rings. The zero-order valence-electron chi connectivity index (χ0n) is 15.1. The van der Waals surface area contributed by atoms with Crippen molar-refractivity contribution >= 4 is 23.7 Å². The second-order valence-corrected chi connectivity index (χ2v) is 5.95. The maximum atomic E-state index is 12.5. The number of piperidine rings is 1. The Morgan fingerprint density at radius 3 is 2.41 bits per heavy atom. The van der Waals surface area contributed by atoms with Crippen LogP contribution in [0.15, 0.2) is 18.2 Å². The molecule has 0 aromatic heterocycles. The number of nitro benzene ring substituents is 1. The van der Waals surface area contributed by atoms with E-state index in [0.717, 1.165) is 19.2 Å². The van der Waals surface area contributed by atoms with Crippen molar-refractivity contribution in [2.45, 2.75) is 25.8 Å². The molecule has 0 unspecified atom stereocenters. The second kappa shape index (κ2) is 8.97. The summed E-state index contributed by atoms with van der Waals surface area (Å²) in [5.41, 5.74) is -0.452. The Hall–Kier alpha value is -3.17. The van der Waals surface area contributed by atoms with E-state index in [4.69, 9.17) is 4.74 Å². The zero-order valence-corrected chi connectivity index (χ0v) is 15.1. The molecular formula is C17H21N3O7. The maximum absolute atomic E-state index is 12.5. The topological polar surface area (TPSA) is 128 Å². The van der Waals surface area contributed by atoms with Crippen molar-refractivity contribution in [3.63, 3.8) is 0 Å². The molecule has 1 fully saturated rings. The van der Waals surface area contributed by atoms with Crippen LogP contribution in [0, 0.1) is 10.1 Å². The van der Waals surface area contributed by atoms with Gasteiger partial charge in [-0.2, -0.15) is 0 Å². The minimum atomic E-state index is -0.768. The molecule has 0 saturated carbocycles. The molecule has 2 rings (SSSR count). The molecule has 1 N–H and O–H groups in total. The molecule has 0 radical (unpaired) electrons. The van der Waals surface area contributed by atoms with E-state index in [1.165, 1.54) is 6.07 Å². The molecule has 0 aliphatic carbocycles. The van der Waals surface area contributed by atoms with Gasteiger partial charge in [-0.1, -0.05) is 0 Å². The Labute approximate surface area is 155 Å². The van der Waals surface area contributed by atoms with Crippen LogP contribution in [0.4, 0.5) is 10.5 Å². The number of ether oxygens (including phenoxy) is 2. The van der Waals surface area contributed by atoms with E-state index in [2.05, 4.69) is 10.1 Å². The van der Waals surface area contributed by atoms with E-state index < -0.39 is 16.8 Å². The molecule has 10 nitrogen and oxygen atoms in total. The van der Waals surface area contributed by atoms with E-state index in [9.17, 15) is 24.5 Å². The number of benzene rings is 1. The van der Waals surface area contributed by atoms with E-state index in [0.29, 0.717) is 32.5 Å². The summed E-state index contributed by atoms with van der Waals surface area (Å²) in [4.78, 5) is 47.8.